The lowest BCUT2D eigenvalue weighted by molar-refractivity contribution is -0.385. The zero-order valence-electron chi connectivity index (χ0n) is 23.3. The van der Waals surface area contributed by atoms with Crippen molar-refractivity contribution >= 4 is 34.8 Å². The maximum Gasteiger partial charge on any atom is 0.416 e. The van der Waals surface area contributed by atoms with Crippen LogP contribution in [-0.4, -0.2) is 45.6 Å². The molecule has 1 aliphatic heterocycles. The predicted molar refractivity (Wildman–Crippen MR) is 150 cm³/mol. The molecular weight excluding hydrogens is 609 g/mol. The van der Waals surface area contributed by atoms with Crippen LogP contribution in [0.4, 0.5) is 18.9 Å². The number of hydrogen-bond donors (Lipinski definition) is 1. The number of carboxylic acid groups (broad SMARTS) is 1. The molecule has 14 heteroatoms. The van der Waals surface area contributed by atoms with Gasteiger partial charge in [0.15, 0.2) is 23.1 Å². The second-order valence-corrected chi connectivity index (χ2v) is 10.9. The molecule has 0 amide bonds. The third-order valence-electron chi connectivity index (χ3n) is 7.74. The molecule has 2 aliphatic carbocycles. The van der Waals surface area contributed by atoms with E-state index in [1.165, 1.54) is 12.1 Å². The Hall–Kier alpha value is -4.39. The Bertz CT molecular complexity index is 1610. The molecule has 0 saturated heterocycles. The molecule has 0 spiro atoms. The smallest absolute Gasteiger partial charge is 0.416 e. The fraction of sp³-hybridized carbons (Fsp3) is 0.367. The van der Waals surface area contributed by atoms with Gasteiger partial charge in [-0.15, -0.1) is 0 Å². The van der Waals surface area contributed by atoms with Crippen LogP contribution in [0, 0.1) is 10.1 Å². The Morgan fingerprint density at radius 3 is 2.18 bits per heavy atom. The summed E-state index contributed by atoms with van der Waals surface area (Å²) < 4.78 is 51.1. The molecule has 0 fully saturated rings. The summed E-state index contributed by atoms with van der Waals surface area (Å²) in [5, 5.41) is 21.2. The first-order chi connectivity index (χ1) is 20.8. The summed E-state index contributed by atoms with van der Waals surface area (Å²) in [6, 6.07) is 4.72. The number of carboxylic acids is 1. The number of alkyl halides is 3. The van der Waals surface area contributed by atoms with Crippen LogP contribution < -0.4 is 9.47 Å². The molecule has 0 unspecified atom stereocenters. The lowest BCUT2D eigenvalue weighted by Gasteiger charge is -2.43. The molecule has 10 nitrogen and oxygen atoms in total. The molecule has 0 atom stereocenters. The van der Waals surface area contributed by atoms with Crippen LogP contribution in [0.3, 0.4) is 0 Å². The Kier molecular flexibility index (Phi) is 8.43. The highest BCUT2D eigenvalue weighted by Gasteiger charge is 2.44. The number of ether oxygens (including phenoxy) is 2. The van der Waals surface area contributed by atoms with E-state index in [0.717, 1.165) is 6.07 Å². The number of allylic oxidation sites excluding steroid dienone is 4. The molecule has 1 heterocycles. The summed E-state index contributed by atoms with van der Waals surface area (Å²) in [5.41, 5.74) is -0.116. The van der Waals surface area contributed by atoms with Gasteiger partial charge in [-0.05, 0) is 62.4 Å². The SMILES string of the molecule is CCOc1cc(C2C3=C(CCCC3=O)N(CC(=O)O)C3=C2C(=O)CCC3)cc(Cl)c1Oc1ccc(C(F)(F)F)cc1[N+](=O)[O-]. The van der Waals surface area contributed by atoms with Crippen LogP contribution in [0.15, 0.2) is 52.9 Å². The van der Waals surface area contributed by atoms with Gasteiger partial charge in [0, 0.05) is 47.4 Å². The van der Waals surface area contributed by atoms with Crippen molar-refractivity contribution in [1.82, 2.24) is 4.90 Å². The normalized spacial score (nSPS) is 17.4. The number of carbonyl (C=O) groups is 3. The Labute approximate surface area is 253 Å². The number of aliphatic carboxylic acids is 1. The first-order valence-corrected chi connectivity index (χ1v) is 14.2. The van der Waals surface area contributed by atoms with Gasteiger partial charge >= 0.3 is 17.8 Å². The van der Waals surface area contributed by atoms with E-state index in [1.807, 2.05) is 0 Å². The van der Waals surface area contributed by atoms with Crippen molar-refractivity contribution in [3.05, 3.63) is 79.1 Å². The molecule has 0 bridgehead atoms. The summed E-state index contributed by atoms with van der Waals surface area (Å²) in [5.74, 6) is -3.20. The van der Waals surface area contributed by atoms with E-state index < -0.39 is 46.5 Å². The molecule has 0 saturated carbocycles. The number of Topliss-reactive ketones (excluding diaryl/α,β-unsaturated/α-hetero) is 2. The quantitative estimate of drug-likeness (QED) is 0.241. The third-order valence-corrected chi connectivity index (χ3v) is 8.02. The Morgan fingerprint density at radius 2 is 1.66 bits per heavy atom. The van der Waals surface area contributed by atoms with Gasteiger partial charge in [-0.3, -0.25) is 24.5 Å². The Morgan fingerprint density at radius 1 is 1.05 bits per heavy atom. The van der Waals surface area contributed by atoms with E-state index in [4.69, 9.17) is 21.1 Å². The second kappa shape index (κ2) is 11.9. The van der Waals surface area contributed by atoms with Crippen LogP contribution in [0.5, 0.6) is 17.2 Å². The van der Waals surface area contributed by atoms with Crippen molar-refractivity contribution in [3.63, 3.8) is 0 Å². The molecule has 3 aliphatic rings. The van der Waals surface area contributed by atoms with Crippen molar-refractivity contribution in [2.75, 3.05) is 13.2 Å². The summed E-state index contributed by atoms with van der Waals surface area (Å²) in [7, 11) is 0. The van der Waals surface area contributed by atoms with E-state index in [9.17, 15) is 42.8 Å². The van der Waals surface area contributed by atoms with E-state index >= 15 is 0 Å². The number of benzene rings is 2. The molecule has 0 aromatic heterocycles. The topological polar surface area (TPSA) is 136 Å². The molecule has 0 radical (unpaired) electrons. The number of nitrogens with zero attached hydrogens (tertiary/aromatic N) is 2. The summed E-state index contributed by atoms with van der Waals surface area (Å²) >= 11 is 6.65. The molecular formula is C30H26ClF3N2O8. The maximum atomic E-state index is 13.4. The number of hydrogen-bond acceptors (Lipinski definition) is 8. The van der Waals surface area contributed by atoms with Gasteiger partial charge in [-0.1, -0.05) is 11.6 Å². The fourth-order valence-electron chi connectivity index (χ4n) is 6.03. The van der Waals surface area contributed by atoms with Gasteiger partial charge in [0.25, 0.3) is 0 Å². The highest BCUT2D eigenvalue weighted by Crippen LogP contribution is 2.52. The number of halogens is 4. The van der Waals surface area contributed by atoms with E-state index in [0.29, 0.717) is 65.9 Å². The number of ketones is 2. The monoisotopic (exact) mass is 634 g/mol. The minimum absolute atomic E-state index is 0.0204. The number of rotatable bonds is 8. The average Bonchev–Trinajstić information content (AvgIpc) is 2.94. The maximum absolute atomic E-state index is 13.4. The minimum Gasteiger partial charge on any atom is -0.490 e. The molecule has 44 heavy (non-hydrogen) atoms. The second-order valence-electron chi connectivity index (χ2n) is 10.5. The fourth-order valence-corrected chi connectivity index (χ4v) is 6.28. The highest BCUT2D eigenvalue weighted by molar-refractivity contribution is 6.32. The molecule has 5 rings (SSSR count). The van der Waals surface area contributed by atoms with E-state index in [1.54, 1.807) is 11.8 Å². The zero-order valence-corrected chi connectivity index (χ0v) is 24.1. The van der Waals surface area contributed by atoms with Gasteiger partial charge in [-0.25, -0.2) is 0 Å². The largest absolute Gasteiger partial charge is 0.490 e. The lowest BCUT2D eigenvalue weighted by atomic mass is 9.71. The number of carbonyl (C=O) groups excluding carboxylic acids is 2. The van der Waals surface area contributed by atoms with Gasteiger partial charge < -0.3 is 19.5 Å². The highest BCUT2D eigenvalue weighted by atomic mass is 35.5. The van der Waals surface area contributed by atoms with Gasteiger partial charge in [-0.2, -0.15) is 13.2 Å². The number of nitro benzene ring substituents is 1. The molecule has 1 N–H and O–H groups in total. The summed E-state index contributed by atoms with van der Waals surface area (Å²) in [6.45, 7) is 1.31. The first-order valence-electron chi connectivity index (χ1n) is 13.8. The molecule has 2 aromatic carbocycles. The van der Waals surface area contributed by atoms with Gasteiger partial charge in [0.2, 0.25) is 5.75 Å². The molecule has 232 valence electrons. The van der Waals surface area contributed by atoms with Crippen molar-refractivity contribution < 1.29 is 47.1 Å². The van der Waals surface area contributed by atoms with Crippen molar-refractivity contribution in [3.8, 4) is 17.2 Å². The minimum atomic E-state index is -4.83. The number of nitro groups is 1. The van der Waals surface area contributed by atoms with Crippen LogP contribution in [0.25, 0.3) is 0 Å². The zero-order chi connectivity index (χ0) is 31.9. The Balaban J connectivity index is 1.66. The third kappa shape index (κ3) is 5.75. The first kappa shape index (κ1) is 31.0. The van der Waals surface area contributed by atoms with E-state index in [-0.39, 0.29) is 47.5 Å². The van der Waals surface area contributed by atoms with Crippen LogP contribution in [-0.2, 0) is 20.6 Å². The van der Waals surface area contributed by atoms with Crippen LogP contribution in [0.2, 0.25) is 5.02 Å². The van der Waals surface area contributed by atoms with Gasteiger partial charge in [0.05, 0.1) is 22.1 Å². The molecule has 2 aromatic rings. The standard InChI is InChI=1S/C30H26ClF3N2O8/c1-2-43-24-12-15(11-17(31)29(24)44-23-10-9-16(30(32,33)34)13-20(23)36(41)42)26-27-18(5-3-7-21(27)37)35(14-25(39)40)19-6-4-8-22(38)28(19)26/h9-13,26H,2-8,14H2,1H3,(H,39,40). The van der Waals surface area contributed by atoms with Crippen molar-refractivity contribution in [2.24, 2.45) is 0 Å². The van der Waals surface area contributed by atoms with Crippen LogP contribution >= 0.6 is 11.6 Å². The van der Waals surface area contributed by atoms with Crippen LogP contribution in [0.1, 0.15) is 62.5 Å². The van der Waals surface area contributed by atoms with Crippen molar-refractivity contribution in [1.29, 1.82) is 0 Å². The summed E-state index contributed by atoms with van der Waals surface area (Å²) in [6.07, 6.45) is -2.52. The van der Waals surface area contributed by atoms with Crippen molar-refractivity contribution in [2.45, 2.75) is 57.5 Å². The van der Waals surface area contributed by atoms with E-state index in [2.05, 4.69) is 0 Å². The average molecular weight is 635 g/mol. The predicted octanol–water partition coefficient (Wildman–Crippen LogP) is 6.96. The lowest BCUT2D eigenvalue weighted by Crippen LogP contribution is -2.41. The summed E-state index contributed by atoms with van der Waals surface area (Å²) in [4.78, 5) is 50.9. The van der Waals surface area contributed by atoms with Gasteiger partial charge in [0.1, 0.15) is 6.54 Å².